The average molecular weight is 802 g/mol. The van der Waals surface area contributed by atoms with Gasteiger partial charge in [0.05, 0.1) is 12.1 Å². The van der Waals surface area contributed by atoms with E-state index in [0.29, 0.717) is 12.8 Å². The molecule has 0 bridgehead atoms. The van der Waals surface area contributed by atoms with E-state index in [2.05, 4.69) is 38.2 Å². The Bertz CT molecular complexity index is 885. The maximum absolute atomic E-state index is 12.9. The number of esters is 1. The zero-order valence-corrected chi connectivity index (χ0v) is 38.6. The molecule has 0 aliphatic heterocycles. The van der Waals surface area contributed by atoms with Crippen LogP contribution in [0.4, 0.5) is 0 Å². The molecule has 2 atom stereocenters. The molecular weight excluding hydrogens is 703 g/mol. The van der Waals surface area contributed by atoms with Gasteiger partial charge >= 0.3 is 5.97 Å². The van der Waals surface area contributed by atoms with Crippen molar-refractivity contribution >= 4 is 11.9 Å². The van der Waals surface area contributed by atoms with Crippen LogP contribution >= 0.6 is 0 Å². The predicted octanol–water partition coefficient (Wildman–Crippen LogP) is 16.2. The molecule has 0 aliphatic rings. The van der Waals surface area contributed by atoms with Crippen LogP contribution in [-0.2, 0) is 14.3 Å². The molecule has 0 aromatic heterocycles. The summed E-state index contributed by atoms with van der Waals surface area (Å²) in [4.78, 5) is 25.6. The fraction of sp³-hybridized carbons (Fsp3) is 0.885. The monoisotopic (exact) mass is 802 g/mol. The van der Waals surface area contributed by atoms with Crippen LogP contribution in [0, 0.1) is 0 Å². The summed E-state index contributed by atoms with van der Waals surface area (Å²) in [6.07, 6.45) is 56.3. The predicted molar refractivity (Wildman–Crippen MR) is 249 cm³/mol. The summed E-state index contributed by atoms with van der Waals surface area (Å²) in [6, 6.07) is -0.619. The molecule has 0 heterocycles. The summed E-state index contributed by atoms with van der Waals surface area (Å²) in [5.41, 5.74) is 0. The zero-order chi connectivity index (χ0) is 41.5. The second kappa shape index (κ2) is 47.1. The minimum Gasteiger partial charge on any atom is -0.463 e. The molecule has 57 heavy (non-hydrogen) atoms. The lowest BCUT2D eigenvalue weighted by Crippen LogP contribution is -2.46. The van der Waals surface area contributed by atoms with Gasteiger partial charge in [0.15, 0.2) is 0 Å². The Labute approximate surface area is 356 Å². The highest BCUT2D eigenvalue weighted by Crippen LogP contribution is 2.15. The number of carbonyl (C=O) groups is 2. The first-order valence-corrected chi connectivity index (χ1v) is 25.5. The standard InChI is InChI=1S/C52H99NO4/c1-4-7-10-13-16-19-22-25-26-29-32-35-38-41-44-47-52(56)57-48-49(50(54)45-42-39-36-33-30-27-23-20-17-14-11-8-5-2)53-51(55)46-43-40-37-34-31-28-24-21-18-15-12-9-6-3/h25-26,42,45,49-50,54H,4-24,27-41,43-44,46-48H2,1-3H3,(H,53,55)/b26-25-,45-42+/t49-,50+/m0/s1. The molecule has 0 rings (SSSR count). The lowest BCUT2D eigenvalue weighted by molar-refractivity contribution is -0.146. The molecule has 0 aliphatic carbocycles. The number of hydrogen-bond donors (Lipinski definition) is 2. The number of amides is 1. The fourth-order valence-corrected chi connectivity index (χ4v) is 7.70. The maximum atomic E-state index is 12.9. The van der Waals surface area contributed by atoms with Crippen molar-refractivity contribution in [3.05, 3.63) is 24.3 Å². The summed E-state index contributed by atoms with van der Waals surface area (Å²) in [5, 5.41) is 14.1. The molecule has 2 N–H and O–H groups in total. The lowest BCUT2D eigenvalue weighted by Gasteiger charge is -2.22. The van der Waals surface area contributed by atoms with Crippen molar-refractivity contribution in [1.29, 1.82) is 0 Å². The smallest absolute Gasteiger partial charge is 0.305 e. The molecule has 0 saturated carbocycles. The summed E-state index contributed by atoms with van der Waals surface area (Å²) < 4.78 is 5.63. The van der Waals surface area contributed by atoms with Crippen LogP contribution in [-0.4, -0.2) is 35.7 Å². The van der Waals surface area contributed by atoms with Gasteiger partial charge in [-0.2, -0.15) is 0 Å². The van der Waals surface area contributed by atoms with Crippen LogP contribution in [0.15, 0.2) is 24.3 Å². The number of ether oxygens (including phenoxy) is 1. The minimum atomic E-state index is -0.874. The lowest BCUT2D eigenvalue weighted by atomic mass is 10.0. The molecule has 0 aromatic rings. The van der Waals surface area contributed by atoms with E-state index in [1.807, 2.05) is 6.08 Å². The van der Waals surface area contributed by atoms with Crippen molar-refractivity contribution in [3.8, 4) is 0 Å². The minimum absolute atomic E-state index is 0.0121. The van der Waals surface area contributed by atoms with Crippen molar-refractivity contribution in [3.63, 3.8) is 0 Å². The van der Waals surface area contributed by atoms with E-state index in [9.17, 15) is 14.7 Å². The van der Waals surface area contributed by atoms with Gasteiger partial charge in [0.25, 0.3) is 0 Å². The van der Waals surface area contributed by atoms with Crippen LogP contribution in [0.5, 0.6) is 0 Å². The largest absolute Gasteiger partial charge is 0.463 e. The molecule has 336 valence electrons. The van der Waals surface area contributed by atoms with Crippen molar-refractivity contribution in [2.24, 2.45) is 0 Å². The molecule has 0 fully saturated rings. The van der Waals surface area contributed by atoms with Crippen molar-refractivity contribution in [1.82, 2.24) is 5.32 Å². The fourth-order valence-electron chi connectivity index (χ4n) is 7.70. The quantitative estimate of drug-likeness (QED) is 0.0365. The van der Waals surface area contributed by atoms with Crippen LogP contribution in [0.2, 0.25) is 0 Å². The van der Waals surface area contributed by atoms with Gasteiger partial charge in [0, 0.05) is 12.8 Å². The van der Waals surface area contributed by atoms with Gasteiger partial charge in [-0.25, -0.2) is 0 Å². The first kappa shape index (κ1) is 55.4. The Morgan fingerprint density at radius 3 is 1.14 bits per heavy atom. The third-order valence-electron chi connectivity index (χ3n) is 11.6. The van der Waals surface area contributed by atoms with Gasteiger partial charge in [-0.05, 0) is 51.4 Å². The Morgan fingerprint density at radius 1 is 0.439 bits per heavy atom. The Morgan fingerprint density at radius 2 is 0.754 bits per heavy atom. The highest BCUT2D eigenvalue weighted by Gasteiger charge is 2.21. The molecule has 0 saturated heterocycles. The van der Waals surface area contributed by atoms with E-state index in [0.717, 1.165) is 51.4 Å². The number of hydrogen-bond acceptors (Lipinski definition) is 4. The third-order valence-corrected chi connectivity index (χ3v) is 11.6. The van der Waals surface area contributed by atoms with Gasteiger partial charge in [0.2, 0.25) is 5.91 Å². The second-order valence-electron chi connectivity index (χ2n) is 17.4. The highest BCUT2D eigenvalue weighted by atomic mass is 16.5. The topological polar surface area (TPSA) is 75.6 Å². The Hall–Kier alpha value is -1.62. The first-order valence-electron chi connectivity index (χ1n) is 25.5. The van der Waals surface area contributed by atoms with Gasteiger partial charge in [-0.3, -0.25) is 9.59 Å². The summed E-state index contributed by atoms with van der Waals surface area (Å²) in [7, 11) is 0. The Kier molecular flexibility index (Phi) is 45.7. The Balaban J connectivity index is 4.41. The van der Waals surface area contributed by atoms with Gasteiger partial charge in [-0.15, -0.1) is 0 Å². The van der Waals surface area contributed by atoms with Crippen LogP contribution < -0.4 is 5.32 Å². The molecule has 5 heteroatoms. The van der Waals surface area contributed by atoms with Crippen molar-refractivity contribution < 1.29 is 19.4 Å². The molecule has 0 radical (unpaired) electrons. The van der Waals surface area contributed by atoms with Gasteiger partial charge < -0.3 is 15.2 Å². The number of carbonyl (C=O) groups excluding carboxylic acids is 2. The average Bonchev–Trinajstić information content (AvgIpc) is 3.21. The second-order valence-corrected chi connectivity index (χ2v) is 17.4. The van der Waals surface area contributed by atoms with Crippen LogP contribution in [0.1, 0.15) is 278 Å². The normalized spacial score (nSPS) is 12.8. The van der Waals surface area contributed by atoms with E-state index in [1.165, 1.54) is 193 Å². The highest BCUT2D eigenvalue weighted by molar-refractivity contribution is 5.76. The van der Waals surface area contributed by atoms with E-state index < -0.39 is 12.1 Å². The number of allylic oxidation sites excluding steroid dienone is 3. The molecular formula is C52H99NO4. The number of unbranched alkanes of at least 4 members (excludes halogenated alkanes) is 34. The van der Waals surface area contributed by atoms with Crippen molar-refractivity contribution in [2.75, 3.05) is 6.61 Å². The van der Waals surface area contributed by atoms with Crippen LogP contribution in [0.3, 0.4) is 0 Å². The van der Waals surface area contributed by atoms with Crippen LogP contribution in [0.25, 0.3) is 0 Å². The number of rotatable bonds is 46. The zero-order valence-electron chi connectivity index (χ0n) is 38.6. The van der Waals surface area contributed by atoms with E-state index in [4.69, 9.17) is 4.74 Å². The number of aliphatic hydroxyl groups excluding tert-OH is 1. The summed E-state index contributed by atoms with van der Waals surface area (Å²) in [6.45, 7) is 6.82. The van der Waals surface area contributed by atoms with Crippen molar-refractivity contribution in [2.45, 2.75) is 290 Å². The molecule has 1 amide bonds. The van der Waals surface area contributed by atoms with E-state index in [-0.39, 0.29) is 18.5 Å². The third kappa shape index (κ3) is 43.8. The number of aliphatic hydroxyl groups is 1. The van der Waals surface area contributed by atoms with Gasteiger partial charge in [-0.1, -0.05) is 238 Å². The summed E-state index contributed by atoms with van der Waals surface area (Å²) in [5.74, 6) is -0.297. The molecule has 0 spiro atoms. The first-order chi connectivity index (χ1) is 28.0. The van der Waals surface area contributed by atoms with E-state index >= 15 is 0 Å². The maximum Gasteiger partial charge on any atom is 0.305 e. The molecule has 0 unspecified atom stereocenters. The molecule has 0 aromatic carbocycles. The number of nitrogens with one attached hydrogen (secondary N) is 1. The van der Waals surface area contributed by atoms with Gasteiger partial charge in [0.1, 0.15) is 6.61 Å². The molecule has 5 nitrogen and oxygen atoms in total. The van der Waals surface area contributed by atoms with E-state index in [1.54, 1.807) is 6.08 Å². The summed E-state index contributed by atoms with van der Waals surface area (Å²) >= 11 is 0. The SMILES string of the molecule is CCCCCCCC/C=C\CCCCCCCC(=O)OC[C@H](NC(=O)CCCCCCCCCCCCCCC)[C@H](O)/C=C/CCCCCCCCCCCCC.